The Morgan fingerprint density at radius 3 is 2.54 bits per heavy atom. The van der Waals surface area contributed by atoms with E-state index in [1.807, 2.05) is 73.4 Å². The first-order chi connectivity index (χ1) is 18.0. The molecule has 1 aliphatic rings. The third-order valence-corrected chi connectivity index (χ3v) is 6.71. The Labute approximate surface area is 233 Å². The van der Waals surface area contributed by atoms with E-state index in [0.717, 1.165) is 59.0 Å². The summed E-state index contributed by atoms with van der Waals surface area (Å²) in [7, 11) is 5.93. The van der Waals surface area contributed by atoms with Crippen LogP contribution in [0.1, 0.15) is 24.6 Å². The summed E-state index contributed by atoms with van der Waals surface area (Å²) in [5.74, 6) is 1.18. The molecule has 2 amide bonds. The van der Waals surface area contributed by atoms with Crippen LogP contribution in [0.4, 0.5) is 21.9 Å². The maximum absolute atomic E-state index is 13.1. The number of anilines is 3. The van der Waals surface area contributed by atoms with Gasteiger partial charge in [-0.05, 0) is 61.4 Å². The summed E-state index contributed by atoms with van der Waals surface area (Å²) < 4.78 is 2.19. The third kappa shape index (κ3) is 6.04. The van der Waals surface area contributed by atoms with E-state index in [1.54, 1.807) is 23.0 Å². The summed E-state index contributed by atoms with van der Waals surface area (Å²) in [6.07, 6.45) is 4.03. The number of hydrogen-bond donors (Lipinski definition) is 2. The van der Waals surface area contributed by atoms with Crippen LogP contribution in [-0.4, -0.2) is 77.6 Å². The predicted octanol–water partition coefficient (Wildman–Crippen LogP) is 5.72. The number of nitrogens with zero attached hydrogens (tertiary/aromatic N) is 4. The number of likely N-dealkylation sites (tertiary alicyclic amines) is 1. The van der Waals surface area contributed by atoms with Crippen molar-refractivity contribution >= 4 is 51.6 Å². The second-order valence-corrected chi connectivity index (χ2v) is 9.26. The number of benzene rings is 2. The molecule has 5 rings (SSSR count). The number of imidazole rings is 1. The quantitative estimate of drug-likeness (QED) is 0.286. The average Bonchev–Trinajstić information content (AvgIpc) is 3.34. The van der Waals surface area contributed by atoms with Crippen LogP contribution in [-0.2, 0) is 0 Å². The Bertz CT molecular complexity index is 1330. The van der Waals surface area contributed by atoms with E-state index < -0.39 is 0 Å². The molecule has 2 radical (unpaired) electrons. The molecule has 0 saturated carbocycles. The van der Waals surface area contributed by atoms with Crippen LogP contribution < -0.4 is 15.5 Å². The van der Waals surface area contributed by atoms with Crippen molar-refractivity contribution in [3.63, 3.8) is 0 Å². The van der Waals surface area contributed by atoms with E-state index in [2.05, 4.69) is 50.4 Å². The van der Waals surface area contributed by atoms with Crippen molar-refractivity contribution in [3.8, 4) is 11.3 Å². The molecule has 7 nitrogen and oxygen atoms in total. The van der Waals surface area contributed by atoms with Crippen LogP contribution in [0.3, 0.4) is 0 Å². The fourth-order valence-electron chi connectivity index (χ4n) is 4.80. The first kappa shape index (κ1) is 26.9. The molecule has 1 unspecified atom stereocenters. The molecule has 37 heavy (non-hydrogen) atoms. The number of amides is 2. The molecule has 3 heterocycles. The number of pyridine rings is 1. The molecule has 2 aromatic heterocycles. The molecule has 2 aromatic carbocycles. The van der Waals surface area contributed by atoms with Crippen LogP contribution in [0.15, 0.2) is 72.9 Å². The molecule has 4 aromatic rings. The first-order valence-corrected chi connectivity index (χ1v) is 15.1. The fraction of sp³-hybridized carbons (Fsp3) is 0.310. The molecule has 192 valence electrons. The number of urea groups is 1. The zero-order chi connectivity index (χ0) is 26.4. The van der Waals surface area contributed by atoms with Crippen molar-refractivity contribution in [3.05, 3.63) is 78.8 Å². The molecular weight excluding hydrogens is 570 g/mol. The van der Waals surface area contributed by atoms with Gasteiger partial charge in [0.2, 0.25) is 0 Å². The van der Waals surface area contributed by atoms with Gasteiger partial charge in [0.25, 0.3) is 0 Å². The number of aromatic nitrogens is 2. The van der Waals surface area contributed by atoms with E-state index in [9.17, 15) is 4.79 Å². The Morgan fingerprint density at radius 1 is 1.03 bits per heavy atom. The Balaban J connectivity index is 0.00000156. The number of carbonyl (C=O) groups excluding carboxylic acids is 1. The van der Waals surface area contributed by atoms with Crippen molar-refractivity contribution in [1.29, 1.82) is 0 Å². The van der Waals surface area contributed by atoms with Crippen LogP contribution in [0.5, 0.6) is 0 Å². The number of rotatable bonds is 5. The minimum absolute atomic E-state index is 0.0601. The zero-order valence-electron chi connectivity index (χ0n) is 22.0. The van der Waals surface area contributed by atoms with Crippen molar-refractivity contribution in [2.45, 2.75) is 23.6 Å². The van der Waals surface area contributed by atoms with Crippen molar-refractivity contribution < 1.29 is 4.79 Å². The van der Waals surface area contributed by atoms with Crippen LogP contribution in [0.2, 0.25) is 4.87 Å². The van der Waals surface area contributed by atoms with Crippen molar-refractivity contribution in [2.24, 2.45) is 0 Å². The van der Waals surface area contributed by atoms with Gasteiger partial charge in [-0.15, -0.1) is 0 Å². The fourth-order valence-corrected chi connectivity index (χ4v) is 4.80. The number of hydrogen-bond acceptors (Lipinski definition) is 4. The zero-order valence-corrected chi connectivity index (χ0v) is 24.5. The van der Waals surface area contributed by atoms with E-state index in [4.69, 9.17) is 4.98 Å². The van der Waals surface area contributed by atoms with E-state index >= 15 is 0 Å². The van der Waals surface area contributed by atoms with Gasteiger partial charge in [-0.2, -0.15) is 0 Å². The molecule has 0 spiro atoms. The van der Waals surface area contributed by atoms with Gasteiger partial charge in [-0.3, -0.25) is 0 Å². The number of fused-ring (bicyclic) bond motifs is 1. The molecular formula is C29H35N6OSb. The first-order valence-electron chi connectivity index (χ1n) is 12.6. The standard InChI is InChI=1S/C28H32N6O.CH3.Sb/c1-29-23-10-6-8-20(18-23)26-25-11-4-5-17-34(25)27(31-26)21-9-7-16-33(19-21)28(35)30-22-12-14-24(15-13-22)32(2)3;;/h4-6,8,10-15,17-18,21,29H,7,9,16,19H2,1-3H3,(H,30,35);1H3;. The van der Waals surface area contributed by atoms with E-state index in [1.165, 1.54) is 0 Å². The number of piperidine rings is 1. The molecule has 0 aliphatic carbocycles. The van der Waals surface area contributed by atoms with E-state index in [-0.39, 0.29) is 11.9 Å². The Hall–Kier alpha value is -3.18. The van der Waals surface area contributed by atoms with Gasteiger partial charge in [0.1, 0.15) is 5.82 Å². The summed E-state index contributed by atoms with van der Waals surface area (Å²) in [5.41, 5.74) is 6.10. The van der Waals surface area contributed by atoms with Gasteiger partial charge in [0.15, 0.2) is 0 Å². The summed E-state index contributed by atoms with van der Waals surface area (Å²) in [6.45, 7) is 1.39. The third-order valence-electron chi connectivity index (χ3n) is 6.71. The molecule has 1 saturated heterocycles. The van der Waals surface area contributed by atoms with Gasteiger partial charge in [0, 0.05) is 69.0 Å². The van der Waals surface area contributed by atoms with Crippen molar-refractivity contribution in [1.82, 2.24) is 14.3 Å². The van der Waals surface area contributed by atoms with Gasteiger partial charge in [0.05, 0.1) is 11.2 Å². The van der Waals surface area contributed by atoms with Gasteiger partial charge in [-0.1, -0.05) is 18.2 Å². The molecule has 1 aliphatic heterocycles. The monoisotopic (exact) mass is 604 g/mol. The second-order valence-electron chi connectivity index (χ2n) is 9.26. The molecule has 1 atom stereocenters. The summed E-state index contributed by atoms with van der Waals surface area (Å²) in [5, 5.41) is 6.28. The van der Waals surface area contributed by atoms with Crippen LogP contribution in [0.25, 0.3) is 16.8 Å². The maximum atomic E-state index is 13.1. The average molecular weight is 605 g/mol. The summed E-state index contributed by atoms with van der Waals surface area (Å²) in [4.78, 5) is 24.2. The Morgan fingerprint density at radius 2 is 1.81 bits per heavy atom. The van der Waals surface area contributed by atoms with Gasteiger partial charge in [-0.25, -0.2) is 9.78 Å². The number of carbonyl (C=O) groups is 1. The van der Waals surface area contributed by atoms with Crippen LogP contribution >= 0.6 is 0 Å². The van der Waals surface area contributed by atoms with E-state index in [0.29, 0.717) is 6.54 Å². The summed E-state index contributed by atoms with van der Waals surface area (Å²) in [6, 6.07) is 22.4. The number of nitrogens with one attached hydrogen (secondary N) is 2. The van der Waals surface area contributed by atoms with Gasteiger partial charge < -0.3 is 24.8 Å². The molecule has 8 heteroatoms. The SMILES string of the molecule is CNc1cccc(-c2nc(C3CCCN(C(=O)Nc4ccc(N(C)C)cc4)C3)n3ccccc23)c1.[CH3][Sb]. The molecule has 2 N–H and O–H groups in total. The summed E-state index contributed by atoms with van der Waals surface area (Å²) >= 11 is 1.75. The second kappa shape index (κ2) is 12.4. The molecule has 0 bridgehead atoms. The van der Waals surface area contributed by atoms with Crippen LogP contribution in [0, 0.1) is 0 Å². The van der Waals surface area contributed by atoms with Gasteiger partial charge >= 0.3 is 33.9 Å². The normalized spacial score (nSPS) is 15.1. The minimum atomic E-state index is -0.0601. The Kier molecular flexibility index (Phi) is 8.99. The van der Waals surface area contributed by atoms with Crippen molar-refractivity contribution in [2.75, 3.05) is 49.8 Å². The topological polar surface area (TPSA) is 64.9 Å². The predicted molar refractivity (Wildman–Crippen MR) is 155 cm³/mol. The molecule has 1 fully saturated rings.